The lowest BCUT2D eigenvalue weighted by molar-refractivity contribution is 0.102. The highest BCUT2D eigenvalue weighted by Gasteiger charge is 2.22. The first-order valence-corrected chi connectivity index (χ1v) is 6.74. The number of nitrogens with zero attached hydrogens (tertiary/aromatic N) is 1. The molecule has 8 heteroatoms. The number of alkyl halides is 2. The van der Waals surface area contributed by atoms with Crippen LogP contribution in [0.3, 0.4) is 0 Å². The first kappa shape index (κ1) is 14.9. The van der Waals surface area contributed by atoms with Gasteiger partial charge in [0.05, 0.1) is 22.5 Å². The minimum atomic E-state index is -2.82. The van der Waals surface area contributed by atoms with E-state index in [4.69, 9.17) is 0 Å². The molecule has 0 aliphatic heterocycles. The summed E-state index contributed by atoms with van der Waals surface area (Å²) in [6.45, 7) is 1.53. The Morgan fingerprint density at radius 1 is 1.26 bits per heavy atom. The summed E-state index contributed by atoms with van der Waals surface area (Å²) in [4.78, 5) is 26.5. The number of amides is 1. The van der Waals surface area contributed by atoms with E-state index in [1.165, 1.54) is 19.1 Å². The third-order valence-corrected chi connectivity index (χ3v) is 3.42. The first-order chi connectivity index (χ1) is 11.0. The number of aromatic nitrogens is 3. The smallest absolute Gasteiger partial charge is 0.284 e. The van der Waals surface area contributed by atoms with Gasteiger partial charge in [-0.25, -0.2) is 8.78 Å². The summed E-state index contributed by atoms with van der Waals surface area (Å²) in [5.41, 5.74) is -0.0870. The number of halogens is 2. The fraction of sp³-hybridized carbons (Fsp3) is 0.133. The second-order valence-electron chi connectivity index (χ2n) is 4.96. The number of aromatic amines is 2. The average molecular weight is 318 g/mol. The van der Waals surface area contributed by atoms with Gasteiger partial charge in [-0.15, -0.1) is 0 Å². The number of anilines is 1. The van der Waals surface area contributed by atoms with Crippen molar-refractivity contribution in [3.8, 4) is 0 Å². The van der Waals surface area contributed by atoms with Gasteiger partial charge in [0.25, 0.3) is 12.3 Å². The van der Waals surface area contributed by atoms with Crippen molar-refractivity contribution < 1.29 is 13.6 Å². The van der Waals surface area contributed by atoms with Gasteiger partial charge in [0, 0.05) is 6.07 Å². The van der Waals surface area contributed by atoms with Crippen molar-refractivity contribution in [1.82, 2.24) is 15.2 Å². The first-order valence-electron chi connectivity index (χ1n) is 6.74. The highest BCUT2D eigenvalue weighted by molar-refractivity contribution is 6.12. The van der Waals surface area contributed by atoms with Gasteiger partial charge in [-0.2, -0.15) is 5.10 Å². The minimum absolute atomic E-state index is 0.0553. The number of carbonyl (C=O) groups is 1. The Hall–Kier alpha value is -3.03. The maximum absolute atomic E-state index is 12.9. The molecular weight excluding hydrogens is 306 g/mol. The molecule has 0 aliphatic rings. The number of benzene rings is 1. The van der Waals surface area contributed by atoms with E-state index in [0.717, 1.165) is 0 Å². The summed E-state index contributed by atoms with van der Waals surface area (Å²) in [5.74, 6) is -0.608. The molecule has 1 aromatic carbocycles. The van der Waals surface area contributed by atoms with Crippen LogP contribution in [-0.4, -0.2) is 21.1 Å². The highest BCUT2D eigenvalue weighted by Crippen LogP contribution is 2.28. The lowest BCUT2D eigenvalue weighted by atomic mass is 10.1. The van der Waals surface area contributed by atoms with Crippen molar-refractivity contribution in [3.63, 3.8) is 0 Å². The van der Waals surface area contributed by atoms with E-state index in [9.17, 15) is 18.4 Å². The van der Waals surface area contributed by atoms with Crippen LogP contribution in [0.1, 0.15) is 28.2 Å². The highest BCUT2D eigenvalue weighted by atomic mass is 19.3. The van der Waals surface area contributed by atoms with E-state index in [1.54, 1.807) is 18.2 Å². The second kappa shape index (κ2) is 5.64. The van der Waals surface area contributed by atoms with Gasteiger partial charge in [0.15, 0.2) is 5.69 Å². The Balaban J connectivity index is 2.04. The van der Waals surface area contributed by atoms with Crippen LogP contribution in [0.2, 0.25) is 0 Å². The lowest BCUT2D eigenvalue weighted by Gasteiger charge is -2.08. The third kappa shape index (κ3) is 2.70. The summed E-state index contributed by atoms with van der Waals surface area (Å²) < 4.78 is 25.8. The molecule has 23 heavy (non-hydrogen) atoms. The Kier molecular flexibility index (Phi) is 3.65. The van der Waals surface area contributed by atoms with Gasteiger partial charge in [0.2, 0.25) is 5.56 Å². The van der Waals surface area contributed by atoms with Crippen LogP contribution in [0.25, 0.3) is 10.9 Å². The minimum Gasteiger partial charge on any atom is -0.321 e. The van der Waals surface area contributed by atoms with Gasteiger partial charge >= 0.3 is 0 Å². The quantitative estimate of drug-likeness (QED) is 0.693. The number of rotatable bonds is 3. The normalized spacial score (nSPS) is 11.1. The van der Waals surface area contributed by atoms with Crippen LogP contribution in [0, 0.1) is 6.92 Å². The van der Waals surface area contributed by atoms with E-state index in [0.29, 0.717) is 16.6 Å². The van der Waals surface area contributed by atoms with Gasteiger partial charge < -0.3 is 10.3 Å². The van der Waals surface area contributed by atoms with Crippen molar-refractivity contribution in [1.29, 1.82) is 0 Å². The Morgan fingerprint density at radius 2 is 2.04 bits per heavy atom. The predicted molar refractivity (Wildman–Crippen MR) is 80.8 cm³/mol. The number of hydrogen-bond acceptors (Lipinski definition) is 3. The number of aryl methyl sites for hydroxylation is 1. The number of H-pyrrole nitrogens is 2. The molecular formula is C15H12F2N4O2. The molecule has 118 valence electrons. The van der Waals surface area contributed by atoms with E-state index in [-0.39, 0.29) is 16.8 Å². The molecule has 0 spiro atoms. The maximum atomic E-state index is 12.9. The molecule has 0 fully saturated rings. The fourth-order valence-corrected chi connectivity index (χ4v) is 2.31. The standard InChI is InChI=1S/C15H12F2N4O2/c1-7-11(13(14(16)17)21-20-7)19-15(23)9-4-2-3-8-5-6-10(22)18-12(8)9/h2-6,14H,1H3,(H,18,22)(H,19,23)(H,20,21). The Morgan fingerprint density at radius 3 is 2.78 bits per heavy atom. The number of carbonyl (C=O) groups excluding carboxylic acids is 1. The monoisotopic (exact) mass is 318 g/mol. The van der Waals surface area contributed by atoms with Gasteiger partial charge in [-0.1, -0.05) is 12.1 Å². The van der Waals surface area contributed by atoms with E-state index in [2.05, 4.69) is 20.5 Å². The number of fused-ring (bicyclic) bond motifs is 1. The molecule has 0 bridgehead atoms. The van der Waals surface area contributed by atoms with Crippen LogP contribution in [-0.2, 0) is 0 Å². The largest absolute Gasteiger partial charge is 0.321 e. The summed E-state index contributed by atoms with van der Waals surface area (Å²) in [6, 6.07) is 7.81. The Bertz CT molecular complexity index is 946. The zero-order valence-corrected chi connectivity index (χ0v) is 12.0. The number of hydrogen-bond donors (Lipinski definition) is 3. The zero-order chi connectivity index (χ0) is 16.6. The van der Waals surface area contributed by atoms with Crippen LogP contribution in [0.5, 0.6) is 0 Å². The zero-order valence-electron chi connectivity index (χ0n) is 12.0. The molecule has 3 rings (SSSR count). The molecule has 0 radical (unpaired) electrons. The maximum Gasteiger partial charge on any atom is 0.284 e. The molecule has 2 aromatic heterocycles. The van der Waals surface area contributed by atoms with Crippen LogP contribution >= 0.6 is 0 Å². The molecule has 3 N–H and O–H groups in total. The second-order valence-corrected chi connectivity index (χ2v) is 4.96. The van der Waals surface area contributed by atoms with Crippen molar-refractivity contribution >= 4 is 22.5 Å². The lowest BCUT2D eigenvalue weighted by Crippen LogP contribution is -2.15. The van der Waals surface area contributed by atoms with Gasteiger partial charge in [-0.3, -0.25) is 14.7 Å². The summed E-state index contributed by atoms with van der Waals surface area (Å²) >= 11 is 0. The average Bonchev–Trinajstić information content (AvgIpc) is 2.87. The molecule has 0 saturated carbocycles. The molecule has 0 aliphatic carbocycles. The molecule has 0 atom stereocenters. The van der Waals surface area contributed by atoms with Crippen molar-refractivity contribution in [2.24, 2.45) is 0 Å². The molecule has 1 amide bonds. The number of nitrogens with one attached hydrogen (secondary N) is 3. The van der Waals surface area contributed by atoms with Crippen molar-refractivity contribution in [2.45, 2.75) is 13.3 Å². The molecule has 3 aromatic rings. The molecule has 0 unspecified atom stereocenters. The molecule has 2 heterocycles. The van der Waals surface area contributed by atoms with Gasteiger partial charge in [0.1, 0.15) is 0 Å². The van der Waals surface area contributed by atoms with E-state index in [1.807, 2.05) is 0 Å². The van der Waals surface area contributed by atoms with Crippen molar-refractivity contribution in [3.05, 3.63) is 57.6 Å². The Labute approximate surface area is 128 Å². The topological polar surface area (TPSA) is 90.6 Å². The number of pyridine rings is 1. The van der Waals surface area contributed by atoms with Crippen LogP contribution < -0.4 is 10.9 Å². The van der Waals surface area contributed by atoms with Crippen LogP contribution in [0.15, 0.2) is 35.1 Å². The fourth-order valence-electron chi connectivity index (χ4n) is 2.31. The predicted octanol–water partition coefficient (Wildman–Crippen LogP) is 2.75. The third-order valence-electron chi connectivity index (χ3n) is 3.42. The molecule has 0 saturated heterocycles. The van der Waals surface area contributed by atoms with Gasteiger partial charge in [-0.05, 0) is 24.4 Å². The summed E-state index contributed by atoms with van der Waals surface area (Å²) in [7, 11) is 0. The van der Waals surface area contributed by atoms with E-state index < -0.39 is 18.0 Å². The van der Waals surface area contributed by atoms with Crippen LogP contribution in [0.4, 0.5) is 14.5 Å². The SMILES string of the molecule is Cc1[nH]nc(C(F)F)c1NC(=O)c1cccc2ccc(=O)[nH]c12. The summed E-state index contributed by atoms with van der Waals surface area (Å²) in [5, 5.41) is 9.01. The number of para-hydroxylation sites is 1. The van der Waals surface area contributed by atoms with E-state index >= 15 is 0 Å². The van der Waals surface area contributed by atoms with Crippen molar-refractivity contribution in [2.75, 3.05) is 5.32 Å². The molecule has 6 nitrogen and oxygen atoms in total. The summed E-state index contributed by atoms with van der Waals surface area (Å²) in [6.07, 6.45) is -2.82.